The number of esters is 1. The van der Waals surface area contributed by atoms with Crippen LogP contribution >= 0.6 is 11.3 Å². The second-order valence-electron chi connectivity index (χ2n) is 5.08. The van der Waals surface area contributed by atoms with Crippen LogP contribution < -0.4 is 5.32 Å². The molecule has 0 aliphatic carbocycles. The molecule has 0 spiro atoms. The maximum Gasteiger partial charge on any atom is 0.317 e. The summed E-state index contributed by atoms with van der Waals surface area (Å²) in [4.78, 5) is 16.4. The summed E-state index contributed by atoms with van der Waals surface area (Å²) < 4.78 is 15.4. The highest BCUT2D eigenvalue weighted by Gasteiger charge is 2.33. The van der Waals surface area contributed by atoms with Crippen molar-refractivity contribution in [3.8, 4) is 0 Å². The fourth-order valence-electron chi connectivity index (χ4n) is 1.66. The minimum atomic E-state index is -0.750. The van der Waals surface area contributed by atoms with Crippen LogP contribution in [0.5, 0.6) is 0 Å². The minimum absolute atomic E-state index is 0.0413. The summed E-state index contributed by atoms with van der Waals surface area (Å²) in [6.07, 6.45) is -0.0413. The molecule has 1 rings (SSSR count). The molecule has 0 bridgehead atoms. The van der Waals surface area contributed by atoms with Gasteiger partial charge in [-0.25, -0.2) is 4.98 Å². The second-order valence-corrected chi connectivity index (χ2v) is 5.94. The molecule has 0 fully saturated rings. The Morgan fingerprint density at radius 3 is 2.76 bits per heavy atom. The molecule has 0 saturated heterocycles. The Balaban J connectivity index is 2.66. The summed E-state index contributed by atoms with van der Waals surface area (Å²) in [6, 6.07) is 0. The van der Waals surface area contributed by atoms with Crippen molar-refractivity contribution in [2.24, 2.45) is 0 Å². The number of carbonyl (C=O) groups is 1. The summed E-state index contributed by atoms with van der Waals surface area (Å²) in [5.41, 5.74) is -0.0474. The van der Waals surface area contributed by atoms with E-state index in [1.54, 1.807) is 21.1 Å². The van der Waals surface area contributed by atoms with Gasteiger partial charge in [-0.3, -0.25) is 4.79 Å². The van der Waals surface area contributed by atoms with Crippen LogP contribution in [-0.4, -0.2) is 51.0 Å². The topological polar surface area (TPSA) is 69.7 Å². The number of thiazole rings is 1. The van der Waals surface area contributed by atoms with Gasteiger partial charge in [0, 0.05) is 26.1 Å². The van der Waals surface area contributed by atoms with Gasteiger partial charge in [-0.1, -0.05) is 0 Å². The maximum absolute atomic E-state index is 12.0. The molecule has 0 aliphatic heterocycles. The Labute approximate surface area is 129 Å². The number of carbonyl (C=O) groups excluding carboxylic acids is 1. The van der Waals surface area contributed by atoms with Gasteiger partial charge in [-0.2, -0.15) is 0 Å². The van der Waals surface area contributed by atoms with Gasteiger partial charge in [-0.15, -0.1) is 11.3 Å². The number of nitrogens with one attached hydrogen (secondary N) is 1. The number of nitrogens with zero attached hydrogens (tertiary/aromatic N) is 1. The normalized spacial score (nSPS) is 13.0. The standard InChI is InChI=1S/C14H24N2O4S/c1-6-20-12(17)14(2,3)11-9-21-13(16-11)15-7-10(19-5)8-18-4/h9-10H,6-8H2,1-5H3,(H,15,16). The molecule has 1 aromatic heterocycles. The number of anilines is 1. The lowest BCUT2D eigenvalue weighted by Gasteiger charge is -2.19. The van der Waals surface area contributed by atoms with Gasteiger partial charge in [-0.05, 0) is 20.8 Å². The number of aromatic nitrogens is 1. The average Bonchev–Trinajstić information content (AvgIpc) is 2.93. The van der Waals surface area contributed by atoms with Crippen LogP contribution in [0.4, 0.5) is 5.13 Å². The molecular formula is C14H24N2O4S. The van der Waals surface area contributed by atoms with E-state index in [2.05, 4.69) is 10.3 Å². The number of ether oxygens (including phenoxy) is 3. The molecular weight excluding hydrogens is 292 g/mol. The molecule has 1 aromatic rings. The van der Waals surface area contributed by atoms with E-state index in [0.29, 0.717) is 25.5 Å². The van der Waals surface area contributed by atoms with Crippen molar-refractivity contribution in [1.82, 2.24) is 4.98 Å². The quantitative estimate of drug-likeness (QED) is 0.703. The van der Waals surface area contributed by atoms with Crippen molar-refractivity contribution in [3.63, 3.8) is 0 Å². The Hall–Kier alpha value is -1.18. The Bertz CT molecular complexity index is 448. The largest absolute Gasteiger partial charge is 0.465 e. The van der Waals surface area contributed by atoms with E-state index in [9.17, 15) is 4.79 Å². The van der Waals surface area contributed by atoms with Crippen LogP contribution in [0.1, 0.15) is 26.5 Å². The van der Waals surface area contributed by atoms with E-state index < -0.39 is 5.41 Å². The zero-order valence-corrected chi connectivity index (χ0v) is 14.1. The van der Waals surface area contributed by atoms with Gasteiger partial charge >= 0.3 is 5.97 Å². The minimum Gasteiger partial charge on any atom is -0.465 e. The summed E-state index contributed by atoms with van der Waals surface area (Å²) in [5, 5.41) is 5.82. The third-order valence-corrected chi connectivity index (χ3v) is 3.90. The van der Waals surface area contributed by atoms with E-state index in [1.807, 2.05) is 19.2 Å². The molecule has 6 nitrogen and oxygen atoms in total. The Kier molecular flexibility index (Phi) is 7.07. The molecule has 0 radical (unpaired) electrons. The molecule has 7 heteroatoms. The first-order chi connectivity index (χ1) is 9.95. The van der Waals surface area contributed by atoms with Crippen molar-refractivity contribution in [2.45, 2.75) is 32.3 Å². The van der Waals surface area contributed by atoms with Crippen LogP contribution in [0.2, 0.25) is 0 Å². The fourth-order valence-corrected chi connectivity index (χ4v) is 2.54. The average molecular weight is 316 g/mol. The highest BCUT2D eigenvalue weighted by atomic mass is 32.1. The molecule has 0 saturated carbocycles. The van der Waals surface area contributed by atoms with Crippen molar-refractivity contribution in [2.75, 3.05) is 39.3 Å². The smallest absolute Gasteiger partial charge is 0.317 e. The molecule has 1 unspecified atom stereocenters. The summed E-state index contributed by atoms with van der Waals surface area (Å²) in [7, 11) is 3.28. The van der Waals surface area contributed by atoms with Crippen LogP contribution in [0.25, 0.3) is 0 Å². The van der Waals surface area contributed by atoms with Crippen LogP contribution in [0.3, 0.4) is 0 Å². The van der Waals surface area contributed by atoms with Gasteiger partial charge in [0.2, 0.25) is 0 Å². The predicted octanol–water partition coefficient (Wildman–Crippen LogP) is 2.06. The number of hydrogen-bond donors (Lipinski definition) is 1. The van der Waals surface area contributed by atoms with Crippen molar-refractivity contribution in [1.29, 1.82) is 0 Å². The summed E-state index contributed by atoms with van der Waals surface area (Å²) in [5.74, 6) is -0.268. The first-order valence-corrected chi connectivity index (χ1v) is 7.72. The van der Waals surface area contributed by atoms with Crippen LogP contribution in [0.15, 0.2) is 5.38 Å². The molecule has 120 valence electrons. The first-order valence-electron chi connectivity index (χ1n) is 6.84. The second kappa shape index (κ2) is 8.31. The van der Waals surface area contributed by atoms with E-state index in [1.165, 1.54) is 11.3 Å². The monoisotopic (exact) mass is 316 g/mol. The molecule has 21 heavy (non-hydrogen) atoms. The lowest BCUT2D eigenvalue weighted by molar-refractivity contribution is -0.148. The highest BCUT2D eigenvalue weighted by Crippen LogP contribution is 2.28. The molecule has 0 amide bonds. The van der Waals surface area contributed by atoms with E-state index in [4.69, 9.17) is 14.2 Å². The van der Waals surface area contributed by atoms with Crippen molar-refractivity contribution >= 4 is 22.4 Å². The van der Waals surface area contributed by atoms with Gasteiger partial charge < -0.3 is 19.5 Å². The maximum atomic E-state index is 12.0. The zero-order chi connectivity index (χ0) is 15.9. The molecule has 0 aromatic carbocycles. The molecule has 1 N–H and O–H groups in total. The molecule has 1 heterocycles. The predicted molar refractivity (Wildman–Crippen MR) is 82.9 cm³/mol. The van der Waals surface area contributed by atoms with Crippen LogP contribution in [0, 0.1) is 0 Å². The van der Waals surface area contributed by atoms with Crippen molar-refractivity contribution < 1.29 is 19.0 Å². The van der Waals surface area contributed by atoms with E-state index in [-0.39, 0.29) is 12.1 Å². The number of methoxy groups -OCH3 is 2. The fraction of sp³-hybridized carbons (Fsp3) is 0.714. The Morgan fingerprint density at radius 2 is 2.19 bits per heavy atom. The van der Waals surface area contributed by atoms with Crippen molar-refractivity contribution in [3.05, 3.63) is 11.1 Å². The summed E-state index contributed by atoms with van der Waals surface area (Å²) >= 11 is 1.46. The molecule has 1 atom stereocenters. The third-order valence-electron chi connectivity index (χ3n) is 3.10. The zero-order valence-electron chi connectivity index (χ0n) is 13.3. The first kappa shape index (κ1) is 17.9. The lowest BCUT2D eigenvalue weighted by Crippen LogP contribution is -2.31. The Morgan fingerprint density at radius 1 is 1.48 bits per heavy atom. The van der Waals surface area contributed by atoms with Gasteiger partial charge in [0.1, 0.15) is 5.41 Å². The van der Waals surface area contributed by atoms with Gasteiger partial charge in [0.05, 0.1) is 25.0 Å². The van der Waals surface area contributed by atoms with Gasteiger partial charge in [0.15, 0.2) is 5.13 Å². The van der Waals surface area contributed by atoms with E-state index in [0.717, 1.165) is 5.13 Å². The number of hydrogen-bond acceptors (Lipinski definition) is 7. The SMILES string of the molecule is CCOC(=O)C(C)(C)c1csc(NCC(COC)OC)n1. The van der Waals surface area contributed by atoms with Gasteiger partial charge in [0.25, 0.3) is 0 Å². The van der Waals surface area contributed by atoms with Crippen LogP contribution in [-0.2, 0) is 24.4 Å². The van der Waals surface area contributed by atoms with E-state index >= 15 is 0 Å². The number of rotatable bonds is 9. The molecule has 0 aliphatic rings. The lowest BCUT2D eigenvalue weighted by atomic mass is 9.90. The third kappa shape index (κ3) is 4.94. The summed E-state index contributed by atoms with van der Waals surface area (Å²) in [6.45, 7) is 6.89. The highest BCUT2D eigenvalue weighted by molar-refractivity contribution is 7.13.